The van der Waals surface area contributed by atoms with E-state index in [0.29, 0.717) is 12.0 Å². The molecule has 6 nitrogen and oxygen atoms in total. The number of carbonyl (C=O) groups excluding carboxylic acids is 2. The Balaban J connectivity index is 1.12. The number of benzene rings is 4. The molecular formula is C34H29N3O3. The molecule has 1 amide bonds. The summed E-state index contributed by atoms with van der Waals surface area (Å²) in [7, 11) is 0. The van der Waals surface area contributed by atoms with Crippen LogP contribution >= 0.6 is 0 Å². The third-order valence-corrected chi connectivity index (χ3v) is 8.09. The minimum Gasteiger partial charge on any atom is -0.452 e. The summed E-state index contributed by atoms with van der Waals surface area (Å²) in [5, 5.41) is 9.60. The summed E-state index contributed by atoms with van der Waals surface area (Å²) in [6.07, 6.45) is 4.97. The fourth-order valence-electron chi connectivity index (χ4n) is 6.03. The molecule has 2 aliphatic rings. The number of aryl methyl sites for hydroxylation is 2. The standard InChI is InChI=1S/C34H29N3O3/c38-33(21-40-34(39)26-16-17-30-28(19-26)27-12-6-7-13-29(27)35-30)37-32(23-9-2-1-3-10-23)20-31(36-37)25-15-14-22-8-4-5-11-24(22)18-25/h1-5,8-11,14-19,32,35H,6-7,12-13,20-21H2/t32-/m1/s1. The summed E-state index contributed by atoms with van der Waals surface area (Å²) in [5.41, 5.74) is 6.86. The summed E-state index contributed by atoms with van der Waals surface area (Å²) in [5.74, 6) is -0.853. The summed E-state index contributed by atoms with van der Waals surface area (Å²) in [6.45, 7) is -0.375. The molecule has 0 unspecified atom stereocenters. The average Bonchev–Trinajstić information content (AvgIpc) is 3.62. The van der Waals surface area contributed by atoms with Gasteiger partial charge >= 0.3 is 5.97 Å². The summed E-state index contributed by atoms with van der Waals surface area (Å²) in [6, 6.07) is 29.6. The lowest BCUT2D eigenvalue weighted by Crippen LogP contribution is -2.31. The van der Waals surface area contributed by atoms with Gasteiger partial charge in [0.25, 0.3) is 5.91 Å². The van der Waals surface area contributed by atoms with E-state index in [1.807, 2.05) is 60.7 Å². The van der Waals surface area contributed by atoms with Gasteiger partial charge in [0.1, 0.15) is 0 Å². The molecular weight excluding hydrogens is 498 g/mol. The number of hydrogen-bond acceptors (Lipinski definition) is 4. The largest absolute Gasteiger partial charge is 0.452 e. The number of hydrogen-bond donors (Lipinski definition) is 1. The number of aromatic nitrogens is 1. The molecule has 0 saturated carbocycles. The Labute approximate surface area is 232 Å². The number of fused-ring (bicyclic) bond motifs is 4. The van der Waals surface area contributed by atoms with E-state index in [9.17, 15) is 9.59 Å². The van der Waals surface area contributed by atoms with Gasteiger partial charge in [0.15, 0.2) is 6.61 Å². The Morgan fingerprint density at radius 3 is 2.55 bits per heavy atom. The van der Waals surface area contributed by atoms with E-state index in [4.69, 9.17) is 9.84 Å². The Morgan fingerprint density at radius 1 is 0.875 bits per heavy atom. The van der Waals surface area contributed by atoms with Crippen LogP contribution in [0.1, 0.15) is 58.0 Å². The SMILES string of the molecule is O=C(OCC(=O)N1N=C(c2ccc3ccccc3c2)C[C@@H]1c1ccccc1)c1ccc2[nH]c3c(c2c1)CCCC3. The van der Waals surface area contributed by atoms with Crippen LogP contribution in [0.25, 0.3) is 21.7 Å². The van der Waals surface area contributed by atoms with Crippen LogP contribution in [0.4, 0.5) is 0 Å². The van der Waals surface area contributed by atoms with Crippen LogP contribution in [0.15, 0.2) is 96.1 Å². The first-order valence-corrected chi connectivity index (χ1v) is 13.9. The van der Waals surface area contributed by atoms with Crippen molar-refractivity contribution in [3.05, 3.63) is 119 Å². The first-order chi connectivity index (χ1) is 19.6. The van der Waals surface area contributed by atoms with Crippen molar-refractivity contribution < 1.29 is 14.3 Å². The van der Waals surface area contributed by atoms with Gasteiger partial charge in [0.2, 0.25) is 0 Å². The van der Waals surface area contributed by atoms with Crippen LogP contribution in [0, 0.1) is 0 Å². The maximum atomic E-state index is 13.5. The Hall–Kier alpha value is -4.71. The highest BCUT2D eigenvalue weighted by molar-refractivity contribution is 6.06. The molecule has 1 N–H and O–H groups in total. The Kier molecular flexibility index (Phi) is 6.16. The number of esters is 1. The minimum atomic E-state index is -0.504. The van der Waals surface area contributed by atoms with E-state index in [0.717, 1.165) is 57.8 Å². The number of amides is 1. The first-order valence-electron chi connectivity index (χ1n) is 13.9. The van der Waals surface area contributed by atoms with Gasteiger partial charge in [-0.1, -0.05) is 66.7 Å². The second kappa shape index (κ2) is 10.1. The van der Waals surface area contributed by atoms with E-state index in [-0.39, 0.29) is 18.6 Å². The second-order valence-electron chi connectivity index (χ2n) is 10.6. The maximum absolute atomic E-state index is 13.5. The summed E-state index contributed by atoms with van der Waals surface area (Å²) in [4.78, 5) is 30.0. The molecule has 1 aliphatic heterocycles. The van der Waals surface area contributed by atoms with Gasteiger partial charge in [-0.15, -0.1) is 0 Å². The third kappa shape index (κ3) is 4.45. The molecule has 4 aromatic carbocycles. The zero-order valence-electron chi connectivity index (χ0n) is 22.1. The van der Waals surface area contributed by atoms with Crippen molar-refractivity contribution in [1.82, 2.24) is 9.99 Å². The van der Waals surface area contributed by atoms with Crippen molar-refractivity contribution in [3.8, 4) is 0 Å². The van der Waals surface area contributed by atoms with E-state index in [1.165, 1.54) is 22.7 Å². The quantitative estimate of drug-likeness (QED) is 0.257. The first kappa shape index (κ1) is 24.3. The zero-order valence-corrected chi connectivity index (χ0v) is 22.1. The highest BCUT2D eigenvalue weighted by Crippen LogP contribution is 2.34. The molecule has 0 saturated heterocycles. The highest BCUT2D eigenvalue weighted by Gasteiger charge is 2.33. The molecule has 2 heterocycles. The van der Waals surface area contributed by atoms with Gasteiger partial charge in [-0.2, -0.15) is 5.10 Å². The summed E-state index contributed by atoms with van der Waals surface area (Å²) >= 11 is 0. The van der Waals surface area contributed by atoms with Gasteiger partial charge < -0.3 is 9.72 Å². The number of nitrogens with one attached hydrogen (secondary N) is 1. The molecule has 7 rings (SSSR count). The third-order valence-electron chi connectivity index (χ3n) is 8.09. The van der Waals surface area contributed by atoms with Crippen LogP contribution in [0.5, 0.6) is 0 Å². The van der Waals surface area contributed by atoms with E-state index >= 15 is 0 Å². The zero-order chi connectivity index (χ0) is 27.1. The molecule has 0 spiro atoms. The number of H-pyrrole nitrogens is 1. The van der Waals surface area contributed by atoms with Crippen molar-refractivity contribution in [2.75, 3.05) is 6.61 Å². The normalized spacial score (nSPS) is 16.6. The van der Waals surface area contributed by atoms with Crippen LogP contribution in [-0.2, 0) is 22.4 Å². The van der Waals surface area contributed by atoms with E-state index in [2.05, 4.69) is 29.2 Å². The van der Waals surface area contributed by atoms with Gasteiger partial charge in [0, 0.05) is 23.0 Å². The molecule has 1 atom stereocenters. The fraction of sp³-hybridized carbons (Fsp3) is 0.206. The lowest BCUT2D eigenvalue weighted by atomic mass is 9.95. The maximum Gasteiger partial charge on any atom is 0.338 e. The summed E-state index contributed by atoms with van der Waals surface area (Å²) < 4.78 is 5.55. The lowest BCUT2D eigenvalue weighted by molar-refractivity contribution is -0.136. The molecule has 5 aromatic rings. The van der Waals surface area contributed by atoms with Gasteiger partial charge in [-0.25, -0.2) is 9.80 Å². The molecule has 1 aromatic heterocycles. The van der Waals surface area contributed by atoms with Gasteiger partial charge in [-0.05, 0) is 77.4 Å². The minimum absolute atomic E-state index is 0.267. The van der Waals surface area contributed by atoms with E-state index in [1.54, 1.807) is 6.07 Å². The topological polar surface area (TPSA) is 74.8 Å². The Bertz CT molecular complexity index is 1790. The molecule has 40 heavy (non-hydrogen) atoms. The molecule has 0 fully saturated rings. The van der Waals surface area contributed by atoms with Crippen molar-refractivity contribution in [2.24, 2.45) is 5.10 Å². The van der Waals surface area contributed by atoms with E-state index < -0.39 is 5.97 Å². The number of aromatic amines is 1. The predicted molar refractivity (Wildman–Crippen MR) is 156 cm³/mol. The number of rotatable bonds is 5. The van der Waals surface area contributed by atoms with Gasteiger partial charge in [-0.3, -0.25) is 4.79 Å². The molecule has 198 valence electrons. The molecule has 0 bridgehead atoms. The number of ether oxygens (including phenoxy) is 1. The monoisotopic (exact) mass is 527 g/mol. The van der Waals surface area contributed by atoms with Gasteiger partial charge in [0.05, 0.1) is 17.3 Å². The van der Waals surface area contributed by atoms with Crippen LogP contribution in [0.3, 0.4) is 0 Å². The number of carbonyl (C=O) groups is 2. The van der Waals surface area contributed by atoms with Crippen molar-refractivity contribution in [3.63, 3.8) is 0 Å². The molecule has 1 aliphatic carbocycles. The smallest absolute Gasteiger partial charge is 0.338 e. The van der Waals surface area contributed by atoms with Crippen LogP contribution < -0.4 is 0 Å². The fourth-order valence-corrected chi connectivity index (χ4v) is 6.03. The van der Waals surface area contributed by atoms with Crippen LogP contribution in [0.2, 0.25) is 0 Å². The van der Waals surface area contributed by atoms with Crippen molar-refractivity contribution >= 4 is 39.3 Å². The van der Waals surface area contributed by atoms with Crippen molar-refractivity contribution in [1.29, 1.82) is 0 Å². The lowest BCUT2D eigenvalue weighted by Gasteiger charge is -2.21. The number of hydrazone groups is 1. The molecule has 6 heteroatoms. The van der Waals surface area contributed by atoms with Crippen molar-refractivity contribution in [2.45, 2.75) is 38.1 Å². The predicted octanol–water partition coefficient (Wildman–Crippen LogP) is 6.73. The second-order valence-corrected chi connectivity index (χ2v) is 10.6. The van der Waals surface area contributed by atoms with Crippen LogP contribution in [-0.4, -0.2) is 34.2 Å². The number of nitrogens with zero attached hydrogens (tertiary/aromatic N) is 2. The average molecular weight is 528 g/mol. The molecule has 0 radical (unpaired) electrons. The highest BCUT2D eigenvalue weighted by atomic mass is 16.5. The Morgan fingerprint density at radius 2 is 1.68 bits per heavy atom.